The van der Waals surface area contributed by atoms with Crippen molar-refractivity contribution in [1.29, 1.82) is 0 Å². The SMILES string of the molecule is OC[C@H](NCc1csc([C@@H]2CCCO2)n1)c1ccccc1. The Balaban J connectivity index is 1.59. The molecule has 1 saturated heterocycles. The zero-order valence-electron chi connectivity index (χ0n) is 11.9. The first-order valence-corrected chi connectivity index (χ1v) is 8.20. The third-order valence-electron chi connectivity index (χ3n) is 3.69. The number of hydrogen-bond acceptors (Lipinski definition) is 5. The molecule has 0 saturated carbocycles. The lowest BCUT2D eigenvalue weighted by Gasteiger charge is -2.15. The molecule has 4 nitrogen and oxygen atoms in total. The number of aliphatic hydroxyl groups excluding tert-OH is 1. The average Bonchev–Trinajstić information content (AvgIpc) is 3.20. The zero-order valence-corrected chi connectivity index (χ0v) is 12.7. The molecule has 0 aliphatic carbocycles. The fraction of sp³-hybridized carbons (Fsp3) is 0.438. The second-order valence-corrected chi connectivity index (χ2v) is 6.10. The largest absolute Gasteiger partial charge is 0.394 e. The Labute approximate surface area is 128 Å². The molecular weight excluding hydrogens is 284 g/mol. The van der Waals surface area contributed by atoms with Gasteiger partial charge < -0.3 is 15.2 Å². The summed E-state index contributed by atoms with van der Waals surface area (Å²) in [4.78, 5) is 4.64. The van der Waals surface area contributed by atoms with E-state index in [4.69, 9.17) is 4.74 Å². The van der Waals surface area contributed by atoms with Gasteiger partial charge in [0.25, 0.3) is 0 Å². The van der Waals surface area contributed by atoms with Crippen LogP contribution in [0.3, 0.4) is 0 Å². The molecule has 0 amide bonds. The van der Waals surface area contributed by atoms with Crippen LogP contribution in [0, 0.1) is 0 Å². The number of aromatic nitrogens is 1. The van der Waals surface area contributed by atoms with Crippen molar-refractivity contribution in [2.75, 3.05) is 13.2 Å². The highest BCUT2D eigenvalue weighted by atomic mass is 32.1. The van der Waals surface area contributed by atoms with Gasteiger partial charge >= 0.3 is 0 Å². The van der Waals surface area contributed by atoms with Gasteiger partial charge in [-0.3, -0.25) is 0 Å². The number of nitrogens with zero attached hydrogens (tertiary/aromatic N) is 1. The fourth-order valence-electron chi connectivity index (χ4n) is 2.53. The van der Waals surface area contributed by atoms with Gasteiger partial charge in [0, 0.05) is 18.5 Å². The van der Waals surface area contributed by atoms with Gasteiger partial charge in [-0.15, -0.1) is 11.3 Å². The highest BCUT2D eigenvalue weighted by Crippen LogP contribution is 2.30. The standard InChI is InChI=1S/C16H20N2O2S/c19-10-14(12-5-2-1-3-6-12)17-9-13-11-21-16(18-13)15-7-4-8-20-15/h1-3,5-6,11,14-15,17,19H,4,7-10H2/t14-,15-/m0/s1. The van der Waals surface area contributed by atoms with Gasteiger partial charge in [0.05, 0.1) is 18.3 Å². The van der Waals surface area contributed by atoms with E-state index < -0.39 is 0 Å². The van der Waals surface area contributed by atoms with Gasteiger partial charge in [-0.25, -0.2) is 4.98 Å². The first-order chi connectivity index (χ1) is 10.4. The summed E-state index contributed by atoms with van der Waals surface area (Å²) in [6.07, 6.45) is 2.38. The molecule has 3 rings (SSSR count). The number of thiazole rings is 1. The number of ether oxygens (including phenoxy) is 1. The van der Waals surface area contributed by atoms with E-state index in [-0.39, 0.29) is 18.8 Å². The van der Waals surface area contributed by atoms with Gasteiger partial charge in [0.15, 0.2) is 0 Å². The first-order valence-electron chi connectivity index (χ1n) is 7.32. The number of nitrogens with one attached hydrogen (secondary N) is 1. The summed E-state index contributed by atoms with van der Waals surface area (Å²) in [5.41, 5.74) is 2.11. The summed E-state index contributed by atoms with van der Waals surface area (Å²) in [5.74, 6) is 0. The molecule has 1 aromatic carbocycles. The summed E-state index contributed by atoms with van der Waals surface area (Å²) < 4.78 is 5.66. The molecule has 1 fully saturated rings. The van der Waals surface area contributed by atoms with Crippen LogP contribution in [0.25, 0.3) is 0 Å². The van der Waals surface area contributed by atoms with E-state index in [2.05, 4.69) is 15.7 Å². The minimum Gasteiger partial charge on any atom is -0.394 e. The maximum absolute atomic E-state index is 9.53. The van der Waals surface area contributed by atoms with Crippen LogP contribution in [-0.4, -0.2) is 23.3 Å². The minimum atomic E-state index is -0.0564. The molecule has 112 valence electrons. The van der Waals surface area contributed by atoms with Gasteiger partial charge in [0.1, 0.15) is 11.1 Å². The van der Waals surface area contributed by atoms with Gasteiger partial charge in [-0.2, -0.15) is 0 Å². The normalized spacial score (nSPS) is 19.8. The van der Waals surface area contributed by atoms with Gasteiger partial charge in [0.2, 0.25) is 0 Å². The molecular formula is C16H20N2O2S. The summed E-state index contributed by atoms with van der Waals surface area (Å²) in [6.45, 7) is 1.58. The lowest BCUT2D eigenvalue weighted by atomic mass is 10.1. The predicted molar refractivity (Wildman–Crippen MR) is 83.1 cm³/mol. The van der Waals surface area contributed by atoms with E-state index in [1.165, 1.54) is 0 Å². The molecule has 2 heterocycles. The van der Waals surface area contributed by atoms with Gasteiger partial charge in [-0.05, 0) is 18.4 Å². The first kappa shape index (κ1) is 14.7. The predicted octanol–water partition coefficient (Wildman–Crippen LogP) is 2.82. The molecule has 1 aliphatic heterocycles. The quantitative estimate of drug-likeness (QED) is 0.861. The molecule has 1 aromatic heterocycles. The van der Waals surface area contributed by atoms with Crippen LogP contribution in [0.2, 0.25) is 0 Å². The second-order valence-electron chi connectivity index (χ2n) is 5.21. The highest BCUT2D eigenvalue weighted by molar-refractivity contribution is 7.09. The third-order valence-corrected chi connectivity index (χ3v) is 4.67. The fourth-order valence-corrected chi connectivity index (χ4v) is 3.43. The monoisotopic (exact) mass is 304 g/mol. The third kappa shape index (κ3) is 3.68. The number of benzene rings is 1. The van der Waals surface area contributed by atoms with Crippen molar-refractivity contribution in [3.63, 3.8) is 0 Å². The van der Waals surface area contributed by atoms with Crippen molar-refractivity contribution < 1.29 is 9.84 Å². The average molecular weight is 304 g/mol. The van der Waals surface area contributed by atoms with E-state index in [0.717, 1.165) is 35.7 Å². The van der Waals surface area contributed by atoms with Gasteiger partial charge in [-0.1, -0.05) is 30.3 Å². The smallest absolute Gasteiger partial charge is 0.122 e. The number of aliphatic hydroxyl groups is 1. The molecule has 2 N–H and O–H groups in total. The zero-order chi connectivity index (χ0) is 14.5. The molecule has 0 spiro atoms. The van der Waals surface area contributed by atoms with Crippen LogP contribution < -0.4 is 5.32 Å². The van der Waals surface area contributed by atoms with E-state index in [1.54, 1.807) is 11.3 Å². The Bertz CT molecular complexity index is 552. The lowest BCUT2D eigenvalue weighted by molar-refractivity contribution is 0.111. The van der Waals surface area contributed by atoms with Crippen LogP contribution in [0.5, 0.6) is 0 Å². The second kappa shape index (κ2) is 7.13. The molecule has 21 heavy (non-hydrogen) atoms. The summed E-state index contributed by atoms with van der Waals surface area (Å²) in [6, 6.07) is 9.93. The van der Waals surface area contributed by atoms with Crippen molar-refractivity contribution in [2.45, 2.75) is 31.5 Å². The Hall–Kier alpha value is -1.27. The molecule has 2 aromatic rings. The molecule has 0 radical (unpaired) electrons. The Morgan fingerprint density at radius 2 is 2.24 bits per heavy atom. The summed E-state index contributed by atoms with van der Waals surface area (Å²) in [7, 11) is 0. The van der Waals surface area contributed by atoms with E-state index in [1.807, 2.05) is 30.3 Å². The number of hydrogen-bond donors (Lipinski definition) is 2. The highest BCUT2D eigenvalue weighted by Gasteiger charge is 2.21. The maximum atomic E-state index is 9.53. The van der Waals surface area contributed by atoms with Crippen molar-refractivity contribution in [3.8, 4) is 0 Å². The van der Waals surface area contributed by atoms with Crippen molar-refractivity contribution in [2.24, 2.45) is 0 Å². The van der Waals surface area contributed by atoms with Crippen LogP contribution in [0.4, 0.5) is 0 Å². The van der Waals surface area contributed by atoms with Crippen molar-refractivity contribution >= 4 is 11.3 Å². The summed E-state index contributed by atoms with van der Waals surface area (Å²) in [5, 5.41) is 16.0. The van der Waals surface area contributed by atoms with Crippen molar-refractivity contribution in [3.05, 3.63) is 52.0 Å². The summed E-state index contributed by atoms with van der Waals surface area (Å²) >= 11 is 1.66. The van der Waals surface area contributed by atoms with Crippen LogP contribution in [0.1, 0.15) is 41.3 Å². The van der Waals surface area contributed by atoms with E-state index in [0.29, 0.717) is 6.54 Å². The van der Waals surface area contributed by atoms with Crippen molar-refractivity contribution in [1.82, 2.24) is 10.3 Å². The Morgan fingerprint density at radius 3 is 2.95 bits per heavy atom. The molecule has 0 unspecified atom stereocenters. The van der Waals surface area contributed by atoms with Crippen LogP contribution >= 0.6 is 11.3 Å². The minimum absolute atomic E-state index is 0.0564. The number of rotatable bonds is 6. The van der Waals surface area contributed by atoms with Crippen LogP contribution in [-0.2, 0) is 11.3 Å². The Morgan fingerprint density at radius 1 is 1.38 bits per heavy atom. The molecule has 2 atom stereocenters. The molecule has 1 aliphatic rings. The molecule has 0 bridgehead atoms. The maximum Gasteiger partial charge on any atom is 0.122 e. The molecule has 5 heteroatoms. The topological polar surface area (TPSA) is 54.4 Å². The lowest BCUT2D eigenvalue weighted by Crippen LogP contribution is -2.24. The van der Waals surface area contributed by atoms with Crippen LogP contribution in [0.15, 0.2) is 35.7 Å². The van der Waals surface area contributed by atoms with E-state index >= 15 is 0 Å². The Kier molecular flexibility index (Phi) is 4.98. The van der Waals surface area contributed by atoms with E-state index in [9.17, 15) is 5.11 Å².